The highest BCUT2D eigenvalue weighted by molar-refractivity contribution is 5.98. The summed E-state index contributed by atoms with van der Waals surface area (Å²) >= 11 is 0. The average Bonchev–Trinajstić information content (AvgIpc) is 3.35. The third-order valence-corrected chi connectivity index (χ3v) is 5.98. The van der Waals surface area contributed by atoms with Gasteiger partial charge in [0.15, 0.2) is 5.69 Å². The molecule has 3 aliphatic carbocycles. The molecule has 0 spiro atoms. The van der Waals surface area contributed by atoms with Crippen molar-refractivity contribution in [2.75, 3.05) is 13.7 Å². The van der Waals surface area contributed by atoms with E-state index in [4.69, 9.17) is 4.74 Å². The zero-order chi connectivity index (χ0) is 17.8. The van der Waals surface area contributed by atoms with Crippen molar-refractivity contribution in [3.05, 3.63) is 40.6 Å². The fourth-order valence-electron chi connectivity index (χ4n) is 4.41. The summed E-state index contributed by atoms with van der Waals surface area (Å²) < 4.78 is 5.84. The molecular formula is C19H22N4O3. The number of likely N-dealkylation sites (N-methyl/N-ethyl adjacent to an activating group) is 1. The number of ether oxygens (including phenoxy) is 1. The summed E-state index contributed by atoms with van der Waals surface area (Å²) in [5.74, 6) is 1.52. The number of fused-ring (bicyclic) bond motifs is 3. The molecule has 1 aliphatic heterocycles. The van der Waals surface area contributed by atoms with E-state index in [2.05, 4.69) is 15.5 Å². The maximum Gasteiger partial charge on any atom is 0.272 e. The number of nitrogens with zero attached hydrogens (tertiary/aromatic N) is 2. The Hall–Kier alpha value is -2.57. The molecule has 0 radical (unpaired) electrons. The Morgan fingerprint density at radius 2 is 2.31 bits per heavy atom. The van der Waals surface area contributed by atoms with Gasteiger partial charge in [-0.25, -0.2) is 0 Å². The molecule has 2 heterocycles. The van der Waals surface area contributed by atoms with Gasteiger partial charge in [-0.15, -0.1) is 0 Å². The number of aromatic nitrogens is 2. The number of hydrogen-bond acceptors (Lipinski definition) is 4. The van der Waals surface area contributed by atoms with Gasteiger partial charge in [-0.3, -0.25) is 14.7 Å². The average molecular weight is 354 g/mol. The first-order chi connectivity index (χ1) is 12.6. The largest absolute Gasteiger partial charge is 0.493 e. The van der Waals surface area contributed by atoms with Gasteiger partial charge in [-0.1, -0.05) is 6.08 Å². The molecule has 26 heavy (non-hydrogen) atoms. The minimum atomic E-state index is -0.711. The van der Waals surface area contributed by atoms with Crippen molar-refractivity contribution < 1.29 is 14.3 Å². The van der Waals surface area contributed by atoms with Crippen LogP contribution in [0.4, 0.5) is 0 Å². The number of hydrogen-bond donors (Lipinski definition) is 2. The fourth-order valence-corrected chi connectivity index (χ4v) is 4.41. The van der Waals surface area contributed by atoms with Crippen LogP contribution in [0.15, 0.2) is 23.6 Å². The number of aromatic amines is 1. The Labute approximate surface area is 151 Å². The van der Waals surface area contributed by atoms with E-state index in [1.165, 1.54) is 6.42 Å². The number of aryl methyl sites for hydroxylation is 1. The molecular weight excluding hydrogens is 332 g/mol. The van der Waals surface area contributed by atoms with Crippen molar-refractivity contribution in [2.24, 2.45) is 5.92 Å². The van der Waals surface area contributed by atoms with Gasteiger partial charge >= 0.3 is 0 Å². The molecule has 7 heteroatoms. The molecule has 136 valence electrons. The molecule has 7 nitrogen and oxygen atoms in total. The van der Waals surface area contributed by atoms with E-state index in [-0.39, 0.29) is 18.4 Å². The maximum atomic E-state index is 12.8. The topological polar surface area (TPSA) is 87.3 Å². The fraction of sp³-hybridized carbons (Fsp3) is 0.526. The van der Waals surface area contributed by atoms with Crippen LogP contribution in [0.25, 0.3) is 0 Å². The lowest BCUT2D eigenvalue weighted by atomic mass is 9.95. The molecule has 1 aromatic rings. The first kappa shape index (κ1) is 15.7. The van der Waals surface area contributed by atoms with Crippen LogP contribution in [0, 0.1) is 5.92 Å². The van der Waals surface area contributed by atoms with Crippen LogP contribution in [0.1, 0.15) is 53.3 Å². The van der Waals surface area contributed by atoms with Crippen LogP contribution in [-0.4, -0.2) is 46.6 Å². The summed E-state index contributed by atoms with van der Waals surface area (Å²) in [6.07, 6.45) is 8.90. The summed E-state index contributed by atoms with van der Waals surface area (Å²) in [4.78, 5) is 27.2. The monoisotopic (exact) mass is 354 g/mol. The quantitative estimate of drug-likeness (QED) is 0.845. The van der Waals surface area contributed by atoms with Crippen LogP contribution >= 0.6 is 0 Å². The minimum absolute atomic E-state index is 0.153. The summed E-state index contributed by atoms with van der Waals surface area (Å²) in [6, 6.07) is -0.711. The molecule has 2 amide bonds. The predicted octanol–water partition coefficient (Wildman–Crippen LogP) is 1.61. The molecule has 0 aromatic carbocycles. The molecule has 2 unspecified atom stereocenters. The van der Waals surface area contributed by atoms with Gasteiger partial charge in [-0.05, 0) is 43.6 Å². The molecule has 4 aliphatic rings. The zero-order valence-electron chi connectivity index (χ0n) is 14.7. The number of carbonyl (C=O) groups excluding carboxylic acids is 2. The number of H-pyrrole nitrogens is 1. The van der Waals surface area contributed by atoms with Crippen LogP contribution in [0.2, 0.25) is 0 Å². The smallest absolute Gasteiger partial charge is 0.272 e. The normalized spacial score (nSPS) is 29.3. The van der Waals surface area contributed by atoms with Crippen LogP contribution in [0.5, 0.6) is 0 Å². The van der Waals surface area contributed by atoms with Crippen LogP contribution in [-0.2, 0) is 16.0 Å². The number of amides is 2. The first-order valence-electron chi connectivity index (χ1n) is 9.31. The molecule has 3 atom stereocenters. The lowest BCUT2D eigenvalue weighted by molar-refractivity contribution is -0.130. The highest BCUT2D eigenvalue weighted by Crippen LogP contribution is 2.54. The molecule has 0 bridgehead atoms. The highest BCUT2D eigenvalue weighted by Gasteiger charge is 2.46. The van der Waals surface area contributed by atoms with Crippen LogP contribution < -0.4 is 5.32 Å². The zero-order valence-corrected chi connectivity index (χ0v) is 14.7. The van der Waals surface area contributed by atoms with Gasteiger partial charge in [0.1, 0.15) is 18.4 Å². The molecule has 5 rings (SSSR count). The number of rotatable bonds is 2. The summed E-state index contributed by atoms with van der Waals surface area (Å²) in [5, 5.41) is 10.1. The van der Waals surface area contributed by atoms with E-state index in [0.29, 0.717) is 17.5 Å². The van der Waals surface area contributed by atoms with Crippen LogP contribution in [0.3, 0.4) is 0 Å². The van der Waals surface area contributed by atoms with Gasteiger partial charge in [0, 0.05) is 24.7 Å². The van der Waals surface area contributed by atoms with Gasteiger partial charge in [0.2, 0.25) is 0 Å². The Kier molecular flexibility index (Phi) is 3.45. The number of allylic oxidation sites excluding steroid dienone is 3. The SMILES string of the molecule is CN1C(=O)[C@@H](NC(=O)c2n[nH]c3c2C2CC2CC3)COC2=C1C=CCC2. The second kappa shape index (κ2) is 5.72. The van der Waals surface area contributed by atoms with Gasteiger partial charge in [0.05, 0.1) is 5.70 Å². The summed E-state index contributed by atoms with van der Waals surface area (Å²) in [5.41, 5.74) is 3.38. The van der Waals surface area contributed by atoms with E-state index in [0.717, 1.165) is 48.4 Å². The van der Waals surface area contributed by atoms with Crippen molar-refractivity contribution in [3.63, 3.8) is 0 Å². The standard InChI is InChI=1S/C19H22N4O3/c1-23-14-4-2-3-5-15(14)26-9-13(19(23)25)20-18(24)17-16-11-8-10(11)6-7-12(16)21-22-17/h2,4,10-11,13H,3,5-9H2,1H3,(H,20,24)(H,21,22)/t10?,11?,13-/m0/s1. The van der Waals surface area contributed by atoms with Crippen molar-refractivity contribution in [1.29, 1.82) is 0 Å². The lowest BCUT2D eigenvalue weighted by Crippen LogP contribution is -2.48. The van der Waals surface area contributed by atoms with Crippen molar-refractivity contribution in [2.45, 2.75) is 44.1 Å². The number of nitrogens with one attached hydrogen (secondary N) is 2. The third kappa shape index (κ3) is 2.37. The summed E-state index contributed by atoms with van der Waals surface area (Å²) in [6.45, 7) is 0.153. The van der Waals surface area contributed by atoms with Crippen molar-refractivity contribution in [3.8, 4) is 0 Å². The molecule has 1 fully saturated rings. The van der Waals surface area contributed by atoms with Gasteiger partial charge in [0.25, 0.3) is 11.8 Å². The Morgan fingerprint density at radius 1 is 1.42 bits per heavy atom. The van der Waals surface area contributed by atoms with Gasteiger partial charge in [-0.2, -0.15) is 5.10 Å². The lowest BCUT2D eigenvalue weighted by Gasteiger charge is -2.22. The second-order valence-corrected chi connectivity index (χ2v) is 7.59. The molecule has 1 saturated carbocycles. The molecule has 2 N–H and O–H groups in total. The van der Waals surface area contributed by atoms with E-state index in [1.54, 1.807) is 11.9 Å². The Morgan fingerprint density at radius 3 is 3.19 bits per heavy atom. The predicted molar refractivity (Wildman–Crippen MR) is 93.1 cm³/mol. The van der Waals surface area contributed by atoms with Gasteiger partial charge < -0.3 is 15.0 Å². The minimum Gasteiger partial charge on any atom is -0.493 e. The maximum absolute atomic E-state index is 12.8. The van der Waals surface area contributed by atoms with E-state index in [9.17, 15) is 9.59 Å². The van der Waals surface area contributed by atoms with E-state index in [1.807, 2.05) is 12.2 Å². The second-order valence-electron chi connectivity index (χ2n) is 7.59. The highest BCUT2D eigenvalue weighted by atomic mass is 16.5. The first-order valence-corrected chi connectivity index (χ1v) is 9.31. The van der Waals surface area contributed by atoms with Crippen molar-refractivity contribution in [1.82, 2.24) is 20.4 Å². The third-order valence-electron chi connectivity index (χ3n) is 5.98. The Bertz CT molecular complexity index is 853. The molecule has 1 aromatic heterocycles. The molecule has 0 saturated heterocycles. The van der Waals surface area contributed by atoms with E-state index >= 15 is 0 Å². The van der Waals surface area contributed by atoms with E-state index < -0.39 is 6.04 Å². The number of carbonyl (C=O) groups is 2. The summed E-state index contributed by atoms with van der Waals surface area (Å²) in [7, 11) is 1.73. The van der Waals surface area contributed by atoms with Crippen molar-refractivity contribution >= 4 is 11.8 Å². The Balaban J connectivity index is 1.36.